The third-order valence-corrected chi connectivity index (χ3v) is 3.47. The lowest BCUT2D eigenvalue weighted by Crippen LogP contribution is -2.19. The molecule has 2 aromatic rings. The van der Waals surface area contributed by atoms with Crippen molar-refractivity contribution in [2.45, 2.75) is 20.4 Å². The summed E-state index contributed by atoms with van der Waals surface area (Å²) < 4.78 is 1.75. The molecule has 7 nitrogen and oxygen atoms in total. The van der Waals surface area contributed by atoms with E-state index in [1.807, 2.05) is 13.8 Å². The number of carbonyl (C=O) groups is 2. The molecule has 1 aromatic carbocycles. The zero-order valence-electron chi connectivity index (χ0n) is 11.7. The lowest BCUT2D eigenvalue weighted by molar-refractivity contribution is 0.0879. The summed E-state index contributed by atoms with van der Waals surface area (Å²) in [6.07, 6.45) is 0. The molecule has 108 valence electrons. The molecular formula is C14H15N5O2. The Hall–Kier alpha value is -2.83. The van der Waals surface area contributed by atoms with E-state index >= 15 is 0 Å². The summed E-state index contributed by atoms with van der Waals surface area (Å²) in [5.41, 5.74) is 8.75. The highest BCUT2D eigenvalue weighted by molar-refractivity contribution is 6.21. The molecule has 0 unspecified atom stereocenters. The highest BCUT2D eigenvalue weighted by Crippen LogP contribution is 2.28. The number of fused-ring (bicyclic) bond motifs is 1. The first-order valence-electron chi connectivity index (χ1n) is 6.61. The third-order valence-electron chi connectivity index (χ3n) is 3.47. The van der Waals surface area contributed by atoms with E-state index in [9.17, 15) is 9.59 Å². The number of nitrogens with one attached hydrogen (secondary N) is 2. The van der Waals surface area contributed by atoms with Crippen LogP contribution in [0.1, 0.15) is 33.3 Å². The second kappa shape index (κ2) is 4.62. The Morgan fingerprint density at radius 2 is 2.00 bits per heavy atom. The van der Waals surface area contributed by atoms with E-state index in [-0.39, 0.29) is 11.8 Å². The number of imide groups is 1. The fraction of sp³-hybridized carbons (Fsp3) is 0.214. The quantitative estimate of drug-likeness (QED) is 0.740. The maximum absolute atomic E-state index is 11.7. The van der Waals surface area contributed by atoms with Crippen LogP contribution in [-0.4, -0.2) is 21.6 Å². The number of nitrogens with zero attached hydrogens (tertiary/aromatic N) is 2. The normalized spacial score (nSPS) is 13.2. The highest BCUT2D eigenvalue weighted by atomic mass is 16.2. The molecule has 0 spiro atoms. The predicted molar refractivity (Wildman–Crippen MR) is 78.6 cm³/mol. The Labute approximate surface area is 121 Å². The maximum Gasteiger partial charge on any atom is 0.259 e. The van der Waals surface area contributed by atoms with Crippen molar-refractivity contribution in [3.63, 3.8) is 0 Å². The number of aryl methyl sites for hydroxylation is 2. The smallest absolute Gasteiger partial charge is 0.259 e. The van der Waals surface area contributed by atoms with Crippen LogP contribution in [0.4, 0.5) is 17.2 Å². The van der Waals surface area contributed by atoms with Crippen LogP contribution in [-0.2, 0) is 6.54 Å². The summed E-state index contributed by atoms with van der Waals surface area (Å²) in [6.45, 7) is 4.47. The van der Waals surface area contributed by atoms with Crippen molar-refractivity contribution in [3.8, 4) is 0 Å². The van der Waals surface area contributed by atoms with Gasteiger partial charge in [-0.3, -0.25) is 14.9 Å². The van der Waals surface area contributed by atoms with Gasteiger partial charge in [0, 0.05) is 12.2 Å². The first-order valence-corrected chi connectivity index (χ1v) is 6.61. The van der Waals surface area contributed by atoms with Gasteiger partial charge < -0.3 is 11.1 Å². The van der Waals surface area contributed by atoms with Gasteiger partial charge in [0.15, 0.2) is 5.82 Å². The van der Waals surface area contributed by atoms with Crippen LogP contribution >= 0.6 is 0 Å². The number of hydrogen-bond acceptors (Lipinski definition) is 5. The van der Waals surface area contributed by atoms with Gasteiger partial charge in [-0.05, 0) is 32.0 Å². The van der Waals surface area contributed by atoms with Crippen molar-refractivity contribution in [2.75, 3.05) is 11.1 Å². The monoisotopic (exact) mass is 285 g/mol. The Morgan fingerprint density at radius 3 is 2.71 bits per heavy atom. The van der Waals surface area contributed by atoms with Gasteiger partial charge in [-0.1, -0.05) is 0 Å². The lowest BCUT2D eigenvalue weighted by atomic mass is 10.1. The van der Waals surface area contributed by atoms with Gasteiger partial charge in [0.2, 0.25) is 0 Å². The number of aromatic nitrogens is 2. The number of hydrogen-bond donors (Lipinski definition) is 3. The van der Waals surface area contributed by atoms with E-state index in [0.29, 0.717) is 34.9 Å². The van der Waals surface area contributed by atoms with Crippen LogP contribution in [0, 0.1) is 6.92 Å². The summed E-state index contributed by atoms with van der Waals surface area (Å²) in [4.78, 5) is 23.2. The molecule has 4 N–H and O–H groups in total. The zero-order valence-corrected chi connectivity index (χ0v) is 11.7. The molecule has 0 saturated carbocycles. The van der Waals surface area contributed by atoms with Gasteiger partial charge >= 0.3 is 0 Å². The first kappa shape index (κ1) is 13.2. The van der Waals surface area contributed by atoms with Gasteiger partial charge in [-0.25, -0.2) is 4.68 Å². The molecule has 21 heavy (non-hydrogen) atoms. The van der Waals surface area contributed by atoms with Crippen molar-refractivity contribution in [1.82, 2.24) is 15.1 Å². The summed E-state index contributed by atoms with van der Waals surface area (Å²) in [5, 5.41) is 9.75. The number of anilines is 3. The fourth-order valence-electron chi connectivity index (χ4n) is 2.34. The lowest BCUT2D eigenvalue weighted by Gasteiger charge is -2.10. The summed E-state index contributed by atoms with van der Waals surface area (Å²) in [7, 11) is 0. The minimum absolute atomic E-state index is 0.364. The third kappa shape index (κ3) is 2.03. The number of rotatable bonds is 3. The average Bonchev–Trinajstić information content (AvgIpc) is 2.90. The van der Waals surface area contributed by atoms with E-state index in [4.69, 9.17) is 5.73 Å². The van der Waals surface area contributed by atoms with Crippen molar-refractivity contribution in [3.05, 3.63) is 35.0 Å². The predicted octanol–water partition coefficient (Wildman–Crippen LogP) is 1.42. The van der Waals surface area contributed by atoms with Crippen LogP contribution in [0.15, 0.2) is 18.2 Å². The Morgan fingerprint density at radius 1 is 1.29 bits per heavy atom. The van der Waals surface area contributed by atoms with Crippen molar-refractivity contribution < 1.29 is 9.59 Å². The van der Waals surface area contributed by atoms with E-state index in [0.717, 1.165) is 5.69 Å². The molecule has 0 bridgehead atoms. The molecular weight excluding hydrogens is 270 g/mol. The van der Waals surface area contributed by atoms with Gasteiger partial charge in [-0.15, -0.1) is 0 Å². The Bertz CT molecular complexity index is 763. The van der Waals surface area contributed by atoms with E-state index in [1.165, 1.54) is 0 Å². The molecule has 0 radical (unpaired) electrons. The largest absolute Gasteiger partial charge is 0.394 e. The van der Waals surface area contributed by atoms with Crippen molar-refractivity contribution >= 4 is 29.0 Å². The number of amides is 2. The SMILES string of the molecule is CCn1nc(C)c(N)c1Nc1ccc2c(c1)C(=O)NC2=O. The second-order valence-electron chi connectivity index (χ2n) is 4.83. The zero-order chi connectivity index (χ0) is 15.1. The van der Waals surface area contributed by atoms with Crippen LogP contribution in [0.5, 0.6) is 0 Å². The van der Waals surface area contributed by atoms with E-state index < -0.39 is 0 Å². The standard InChI is InChI=1S/C14H15N5O2/c1-3-19-12(11(15)7(2)18-19)16-8-4-5-9-10(6-8)14(21)17-13(9)20/h4-6,16H,3,15H2,1-2H3,(H,17,20,21). The van der Waals surface area contributed by atoms with Gasteiger partial charge in [0.05, 0.1) is 22.5 Å². The van der Waals surface area contributed by atoms with Crippen LogP contribution in [0.2, 0.25) is 0 Å². The molecule has 0 aliphatic carbocycles. The van der Waals surface area contributed by atoms with Crippen molar-refractivity contribution in [2.24, 2.45) is 0 Å². The molecule has 2 amide bonds. The molecule has 2 heterocycles. The Kier molecular flexibility index (Phi) is 2.90. The average molecular weight is 285 g/mol. The molecule has 0 atom stereocenters. The number of carbonyl (C=O) groups excluding carboxylic acids is 2. The van der Waals surface area contributed by atoms with Gasteiger partial charge in [0.1, 0.15) is 0 Å². The van der Waals surface area contributed by atoms with E-state index in [2.05, 4.69) is 15.7 Å². The van der Waals surface area contributed by atoms with Gasteiger partial charge in [-0.2, -0.15) is 5.10 Å². The van der Waals surface area contributed by atoms with Crippen LogP contribution in [0.3, 0.4) is 0 Å². The van der Waals surface area contributed by atoms with Crippen LogP contribution in [0.25, 0.3) is 0 Å². The molecule has 0 fully saturated rings. The molecule has 1 aromatic heterocycles. The fourth-order valence-corrected chi connectivity index (χ4v) is 2.34. The minimum atomic E-state index is -0.383. The summed E-state index contributed by atoms with van der Waals surface area (Å²) in [6, 6.07) is 4.99. The highest BCUT2D eigenvalue weighted by Gasteiger charge is 2.26. The second-order valence-corrected chi connectivity index (χ2v) is 4.83. The number of benzene rings is 1. The molecule has 1 aliphatic rings. The molecule has 1 aliphatic heterocycles. The topological polar surface area (TPSA) is 102 Å². The summed E-state index contributed by atoms with van der Waals surface area (Å²) >= 11 is 0. The van der Waals surface area contributed by atoms with E-state index in [1.54, 1.807) is 22.9 Å². The first-order chi connectivity index (χ1) is 10.0. The van der Waals surface area contributed by atoms with Crippen molar-refractivity contribution in [1.29, 1.82) is 0 Å². The van der Waals surface area contributed by atoms with Gasteiger partial charge in [0.25, 0.3) is 11.8 Å². The number of nitrogens with two attached hydrogens (primary N) is 1. The maximum atomic E-state index is 11.7. The molecule has 0 saturated heterocycles. The molecule has 3 rings (SSSR count). The number of nitrogen functional groups attached to an aromatic ring is 1. The molecule has 7 heteroatoms. The Balaban J connectivity index is 1.99. The summed E-state index contributed by atoms with van der Waals surface area (Å²) in [5.74, 6) is -0.0676. The minimum Gasteiger partial charge on any atom is -0.394 e. The van der Waals surface area contributed by atoms with Crippen LogP contribution < -0.4 is 16.4 Å².